The zero-order valence-electron chi connectivity index (χ0n) is 18.2. The second kappa shape index (κ2) is 8.76. The Morgan fingerprint density at radius 2 is 1.55 bits per heavy atom. The molecule has 0 radical (unpaired) electrons. The number of carbonyl (C=O) groups is 1. The summed E-state index contributed by atoms with van der Waals surface area (Å²) in [5.74, 6) is -1.14. The summed E-state index contributed by atoms with van der Waals surface area (Å²) in [6.45, 7) is 7.67. The van der Waals surface area contributed by atoms with E-state index in [0.29, 0.717) is 24.0 Å². The lowest BCUT2D eigenvalue weighted by atomic mass is 9.89. The average molecular weight is 424 g/mol. The van der Waals surface area contributed by atoms with Gasteiger partial charge in [-0.2, -0.15) is 0 Å². The largest absolute Gasteiger partial charge is 0.507 e. The van der Waals surface area contributed by atoms with E-state index in [1.54, 1.807) is 6.07 Å². The number of ether oxygens (including phenoxy) is 1. The first-order valence-electron chi connectivity index (χ1n) is 10.2. The summed E-state index contributed by atoms with van der Waals surface area (Å²) >= 11 is 0. The van der Waals surface area contributed by atoms with Crippen LogP contribution in [0.1, 0.15) is 67.3 Å². The number of benzene rings is 2. The molecule has 3 rings (SSSR count). The van der Waals surface area contributed by atoms with Gasteiger partial charge in [-0.1, -0.05) is 29.4 Å². The fraction of sp³-hybridized carbons (Fsp3) is 0.320. The number of rotatable bonds is 5. The molecule has 0 saturated carbocycles. The van der Waals surface area contributed by atoms with Crippen LogP contribution < -0.4 is 4.74 Å². The van der Waals surface area contributed by atoms with Gasteiger partial charge < -0.3 is 25.2 Å². The molecule has 1 heterocycles. The highest BCUT2D eigenvalue weighted by molar-refractivity contribution is 6.03. The highest BCUT2D eigenvalue weighted by atomic mass is 16.5. The van der Waals surface area contributed by atoms with Crippen molar-refractivity contribution < 1.29 is 30.0 Å². The third-order valence-electron chi connectivity index (χ3n) is 5.34. The van der Waals surface area contributed by atoms with E-state index in [2.05, 4.69) is 0 Å². The van der Waals surface area contributed by atoms with Crippen LogP contribution in [0.25, 0.3) is 0 Å². The summed E-state index contributed by atoms with van der Waals surface area (Å²) in [6, 6.07) is 4.33. The number of phenols is 4. The maximum Gasteiger partial charge on any atom is 0.174 e. The number of Topliss-reactive ketones (excluding diaryl/α,β-unsaturated/α-hetero) is 1. The minimum absolute atomic E-state index is 0.0422. The molecule has 0 spiro atoms. The number of aromatic hydroxyl groups is 4. The number of allylic oxidation sites excluding steroid dienone is 4. The molecule has 4 N–H and O–H groups in total. The van der Waals surface area contributed by atoms with Gasteiger partial charge in [-0.05, 0) is 46.6 Å². The minimum Gasteiger partial charge on any atom is -0.507 e. The number of fused-ring (bicyclic) bond motifs is 1. The van der Waals surface area contributed by atoms with E-state index < -0.39 is 6.10 Å². The van der Waals surface area contributed by atoms with Gasteiger partial charge in [-0.25, -0.2) is 0 Å². The topological polar surface area (TPSA) is 107 Å². The Morgan fingerprint density at radius 3 is 2.16 bits per heavy atom. The molecular formula is C25H28O6. The molecule has 0 fully saturated rings. The zero-order valence-corrected chi connectivity index (χ0v) is 18.2. The third kappa shape index (κ3) is 4.53. The maximum absolute atomic E-state index is 13.0. The summed E-state index contributed by atoms with van der Waals surface area (Å²) in [5, 5.41) is 41.4. The molecule has 1 aliphatic heterocycles. The normalized spacial score (nSPS) is 15.1. The van der Waals surface area contributed by atoms with E-state index in [0.717, 1.165) is 11.1 Å². The second-order valence-electron chi connectivity index (χ2n) is 8.30. The molecule has 1 atom stereocenters. The molecule has 1 aliphatic rings. The van der Waals surface area contributed by atoms with Crippen molar-refractivity contribution in [1.82, 2.24) is 0 Å². The van der Waals surface area contributed by atoms with E-state index in [4.69, 9.17) is 4.74 Å². The molecule has 0 aliphatic carbocycles. The second-order valence-corrected chi connectivity index (χ2v) is 8.30. The van der Waals surface area contributed by atoms with E-state index in [9.17, 15) is 25.2 Å². The number of hydrogen-bond acceptors (Lipinski definition) is 6. The third-order valence-corrected chi connectivity index (χ3v) is 5.34. The van der Waals surface area contributed by atoms with Gasteiger partial charge in [0, 0.05) is 22.8 Å². The van der Waals surface area contributed by atoms with Gasteiger partial charge in [0.2, 0.25) is 0 Å². The molecule has 0 saturated heterocycles. The van der Waals surface area contributed by atoms with Gasteiger partial charge in [0.1, 0.15) is 28.9 Å². The van der Waals surface area contributed by atoms with Crippen molar-refractivity contribution in [3.8, 4) is 28.7 Å². The Hall–Kier alpha value is -3.41. The van der Waals surface area contributed by atoms with Crippen LogP contribution in [0.5, 0.6) is 28.7 Å². The van der Waals surface area contributed by atoms with Gasteiger partial charge in [0.05, 0.1) is 6.42 Å². The van der Waals surface area contributed by atoms with E-state index >= 15 is 0 Å². The maximum atomic E-state index is 13.0. The van der Waals surface area contributed by atoms with Gasteiger partial charge in [0.25, 0.3) is 0 Å². The van der Waals surface area contributed by atoms with Crippen LogP contribution >= 0.6 is 0 Å². The summed E-state index contributed by atoms with van der Waals surface area (Å²) in [4.78, 5) is 13.0. The van der Waals surface area contributed by atoms with Crippen molar-refractivity contribution in [3.63, 3.8) is 0 Å². The van der Waals surface area contributed by atoms with Crippen LogP contribution in [0.4, 0.5) is 0 Å². The molecule has 2 aromatic rings. The summed E-state index contributed by atoms with van der Waals surface area (Å²) in [7, 11) is 0. The molecular weight excluding hydrogens is 396 g/mol. The smallest absolute Gasteiger partial charge is 0.174 e. The Kier molecular flexibility index (Phi) is 6.29. The average Bonchev–Trinajstić information content (AvgIpc) is 2.67. The monoisotopic (exact) mass is 424 g/mol. The molecule has 6 heteroatoms. The summed E-state index contributed by atoms with van der Waals surface area (Å²) in [6.07, 6.45) is 3.64. The standard InChI is InChI=1S/C25H28O6/c1-13(2)5-7-16-15(9-10-18(26)24(16)29)21-12-20(28)23-22(31-21)11-19(27)17(25(23)30)8-6-14(3)4/h5-6,9-11,21,26-27,29-30H,7-8,12H2,1-4H3. The predicted octanol–water partition coefficient (Wildman–Crippen LogP) is 5.23. The van der Waals surface area contributed by atoms with Crippen LogP contribution in [0.2, 0.25) is 0 Å². The van der Waals surface area contributed by atoms with Crippen LogP contribution in [0.3, 0.4) is 0 Å². The van der Waals surface area contributed by atoms with Crippen molar-refractivity contribution >= 4 is 5.78 Å². The van der Waals surface area contributed by atoms with Crippen LogP contribution in [-0.2, 0) is 12.8 Å². The van der Waals surface area contributed by atoms with Crippen LogP contribution in [0, 0.1) is 0 Å². The fourth-order valence-corrected chi connectivity index (χ4v) is 3.64. The predicted molar refractivity (Wildman–Crippen MR) is 118 cm³/mol. The number of carbonyl (C=O) groups excluding carboxylic acids is 1. The van der Waals surface area contributed by atoms with Crippen molar-refractivity contribution in [2.45, 2.75) is 53.1 Å². The molecule has 0 aromatic heterocycles. The first-order chi connectivity index (χ1) is 14.6. The first-order valence-corrected chi connectivity index (χ1v) is 10.2. The molecule has 1 unspecified atom stereocenters. The Bertz CT molecular complexity index is 1090. The zero-order chi connectivity index (χ0) is 22.9. The summed E-state index contributed by atoms with van der Waals surface area (Å²) in [5.41, 5.74) is 3.44. The highest BCUT2D eigenvalue weighted by Gasteiger charge is 2.34. The molecule has 0 bridgehead atoms. The molecule has 164 valence electrons. The number of hydrogen-bond donors (Lipinski definition) is 4. The molecule has 2 aromatic carbocycles. The van der Waals surface area contributed by atoms with Gasteiger partial charge >= 0.3 is 0 Å². The van der Waals surface area contributed by atoms with Crippen LogP contribution in [-0.4, -0.2) is 26.2 Å². The molecule has 6 nitrogen and oxygen atoms in total. The number of ketones is 1. The Balaban J connectivity index is 2.04. The minimum atomic E-state index is -0.727. The lowest BCUT2D eigenvalue weighted by Crippen LogP contribution is -2.22. The lowest BCUT2D eigenvalue weighted by molar-refractivity contribution is 0.0843. The van der Waals surface area contributed by atoms with Crippen LogP contribution in [0.15, 0.2) is 41.5 Å². The quantitative estimate of drug-likeness (QED) is 0.387. The number of phenolic OH excluding ortho intramolecular Hbond substituents is 4. The Morgan fingerprint density at radius 1 is 0.935 bits per heavy atom. The van der Waals surface area contributed by atoms with Crippen molar-refractivity contribution in [2.75, 3.05) is 0 Å². The van der Waals surface area contributed by atoms with Gasteiger partial charge in [-0.3, -0.25) is 4.79 Å². The van der Waals surface area contributed by atoms with Gasteiger partial charge in [0.15, 0.2) is 17.3 Å². The van der Waals surface area contributed by atoms with Crippen molar-refractivity contribution in [3.05, 3.63) is 63.8 Å². The fourth-order valence-electron chi connectivity index (χ4n) is 3.64. The molecule has 0 amide bonds. The van der Waals surface area contributed by atoms with E-state index in [-0.39, 0.29) is 52.1 Å². The Labute approximate surface area is 181 Å². The lowest BCUT2D eigenvalue weighted by Gasteiger charge is -2.28. The van der Waals surface area contributed by atoms with Gasteiger partial charge in [-0.15, -0.1) is 0 Å². The van der Waals surface area contributed by atoms with Crippen molar-refractivity contribution in [2.24, 2.45) is 0 Å². The van der Waals surface area contributed by atoms with E-state index in [1.807, 2.05) is 39.8 Å². The SMILES string of the molecule is CC(C)=CCc1c(O)cc2c(c1O)C(=O)CC(c1ccc(O)c(O)c1CC=C(C)C)O2. The highest BCUT2D eigenvalue weighted by Crippen LogP contribution is 2.46. The first kappa shape index (κ1) is 22.3. The van der Waals surface area contributed by atoms with Crippen molar-refractivity contribution in [1.29, 1.82) is 0 Å². The molecule has 31 heavy (non-hydrogen) atoms. The van der Waals surface area contributed by atoms with E-state index in [1.165, 1.54) is 12.1 Å². The summed E-state index contributed by atoms with van der Waals surface area (Å²) < 4.78 is 6.00.